The van der Waals surface area contributed by atoms with E-state index in [-0.39, 0.29) is 5.41 Å². The smallest absolute Gasteiger partial charge is 0.0689 e. The second-order valence-corrected chi connectivity index (χ2v) is 8.00. The van der Waals surface area contributed by atoms with Gasteiger partial charge in [-0.15, -0.1) is 0 Å². The van der Waals surface area contributed by atoms with Crippen LogP contribution in [0.2, 0.25) is 0 Å². The predicted octanol–water partition coefficient (Wildman–Crippen LogP) is 5.56. The molecule has 6 atom stereocenters. The minimum Gasteiger partial charge on any atom is -0.198 e. The number of fused-ring (bicyclic) bond motifs is 3. The van der Waals surface area contributed by atoms with Gasteiger partial charge < -0.3 is 0 Å². The van der Waals surface area contributed by atoms with Gasteiger partial charge in [-0.3, -0.25) is 0 Å². The van der Waals surface area contributed by atoms with Crippen LogP contribution in [0, 0.1) is 46.3 Å². The van der Waals surface area contributed by atoms with Gasteiger partial charge >= 0.3 is 0 Å². The molecular weight excluding hydrogens is 242 g/mol. The number of nitriles is 1. The Balaban J connectivity index is 1.69. The molecule has 0 aliphatic heterocycles. The summed E-state index contributed by atoms with van der Waals surface area (Å²) < 4.78 is 0. The summed E-state index contributed by atoms with van der Waals surface area (Å²) in [5, 5.41) is 9.58. The lowest BCUT2D eigenvalue weighted by molar-refractivity contribution is -0.0160. The van der Waals surface area contributed by atoms with E-state index in [0.29, 0.717) is 0 Å². The number of hydrogen-bond donors (Lipinski definition) is 0. The number of rotatable bonds is 2. The maximum atomic E-state index is 9.58. The Hall–Kier alpha value is -0.510. The van der Waals surface area contributed by atoms with Crippen molar-refractivity contribution >= 4 is 0 Å². The first-order valence-corrected chi connectivity index (χ1v) is 9.12. The molecule has 1 heteroatoms. The van der Waals surface area contributed by atoms with Gasteiger partial charge in [0.05, 0.1) is 11.5 Å². The van der Waals surface area contributed by atoms with Crippen LogP contribution in [0.15, 0.2) is 0 Å². The molecule has 1 nitrogen and oxygen atoms in total. The van der Waals surface area contributed by atoms with E-state index in [9.17, 15) is 5.26 Å². The third kappa shape index (κ3) is 2.40. The summed E-state index contributed by atoms with van der Waals surface area (Å²) in [7, 11) is 0. The topological polar surface area (TPSA) is 23.8 Å². The molecule has 4 unspecified atom stereocenters. The van der Waals surface area contributed by atoms with Gasteiger partial charge in [-0.2, -0.15) is 5.26 Å². The summed E-state index contributed by atoms with van der Waals surface area (Å²) in [5.74, 6) is 4.92. The standard InChI is InChI=1S/C19H31N/c1-3-14-5-8-17-15(11-14)6-7-16-12-19(4-2,13-20)10-9-18(16)17/h14-18H,3-12H2,1-2H3/t14-,15?,16?,17?,18?,19+/m1/s1. The highest BCUT2D eigenvalue weighted by molar-refractivity contribution is 5.05. The summed E-state index contributed by atoms with van der Waals surface area (Å²) in [4.78, 5) is 0. The van der Waals surface area contributed by atoms with Crippen LogP contribution in [-0.4, -0.2) is 0 Å². The molecule has 3 fully saturated rings. The van der Waals surface area contributed by atoms with Crippen LogP contribution in [0.4, 0.5) is 0 Å². The van der Waals surface area contributed by atoms with E-state index in [4.69, 9.17) is 0 Å². The fraction of sp³-hybridized carbons (Fsp3) is 0.947. The fourth-order valence-electron chi connectivity index (χ4n) is 5.89. The molecule has 3 rings (SSSR count). The van der Waals surface area contributed by atoms with Crippen molar-refractivity contribution in [1.82, 2.24) is 0 Å². The van der Waals surface area contributed by atoms with Crippen molar-refractivity contribution in [2.75, 3.05) is 0 Å². The molecule has 3 aliphatic rings. The minimum absolute atomic E-state index is 0.0363. The predicted molar refractivity (Wildman–Crippen MR) is 83.0 cm³/mol. The normalized spacial score (nSPS) is 48.0. The van der Waals surface area contributed by atoms with Crippen LogP contribution in [0.5, 0.6) is 0 Å². The van der Waals surface area contributed by atoms with Crippen LogP contribution in [-0.2, 0) is 0 Å². The van der Waals surface area contributed by atoms with E-state index >= 15 is 0 Å². The van der Waals surface area contributed by atoms with E-state index in [1.807, 2.05) is 0 Å². The first-order chi connectivity index (χ1) is 9.71. The molecule has 0 bridgehead atoms. The van der Waals surface area contributed by atoms with Gasteiger partial charge in [0, 0.05) is 0 Å². The summed E-state index contributed by atoms with van der Waals surface area (Å²) >= 11 is 0. The van der Waals surface area contributed by atoms with Crippen molar-refractivity contribution in [3.8, 4) is 6.07 Å². The van der Waals surface area contributed by atoms with E-state index in [2.05, 4.69) is 19.9 Å². The lowest BCUT2D eigenvalue weighted by Crippen LogP contribution is -2.43. The summed E-state index contributed by atoms with van der Waals surface area (Å²) in [5.41, 5.74) is 0.0363. The van der Waals surface area contributed by atoms with Crippen molar-refractivity contribution < 1.29 is 0 Å². The van der Waals surface area contributed by atoms with E-state index in [1.165, 1.54) is 57.8 Å². The van der Waals surface area contributed by atoms with Gasteiger partial charge in [0.25, 0.3) is 0 Å². The highest BCUT2D eigenvalue weighted by Crippen LogP contribution is 2.56. The lowest BCUT2D eigenvalue weighted by Gasteiger charge is -2.52. The van der Waals surface area contributed by atoms with E-state index in [0.717, 1.165) is 36.0 Å². The van der Waals surface area contributed by atoms with Crippen molar-refractivity contribution in [3.63, 3.8) is 0 Å². The Kier molecular flexibility index (Phi) is 4.11. The molecule has 112 valence electrons. The van der Waals surface area contributed by atoms with E-state index in [1.54, 1.807) is 0 Å². The summed E-state index contributed by atoms with van der Waals surface area (Å²) in [6, 6.07) is 2.69. The zero-order chi connectivity index (χ0) is 14.2. The summed E-state index contributed by atoms with van der Waals surface area (Å²) in [6.07, 6.45) is 13.6. The zero-order valence-electron chi connectivity index (χ0n) is 13.4. The van der Waals surface area contributed by atoms with Crippen LogP contribution < -0.4 is 0 Å². The van der Waals surface area contributed by atoms with Gasteiger partial charge in [0.1, 0.15) is 0 Å². The Morgan fingerprint density at radius 3 is 2.45 bits per heavy atom. The Labute approximate surface area is 125 Å². The molecule has 0 spiro atoms. The Morgan fingerprint density at radius 2 is 1.75 bits per heavy atom. The monoisotopic (exact) mass is 273 g/mol. The Bertz CT molecular complexity index is 382. The average molecular weight is 273 g/mol. The maximum absolute atomic E-state index is 9.58. The molecule has 0 saturated heterocycles. The number of hydrogen-bond acceptors (Lipinski definition) is 1. The quantitative estimate of drug-likeness (QED) is 0.646. The average Bonchev–Trinajstić information content (AvgIpc) is 2.53. The Morgan fingerprint density at radius 1 is 1.00 bits per heavy atom. The highest BCUT2D eigenvalue weighted by atomic mass is 14.5. The van der Waals surface area contributed by atoms with Gasteiger partial charge in [0.15, 0.2) is 0 Å². The molecule has 0 heterocycles. The van der Waals surface area contributed by atoms with Crippen LogP contribution in [0.3, 0.4) is 0 Å². The van der Waals surface area contributed by atoms with Crippen LogP contribution in [0.1, 0.15) is 78.1 Å². The fourth-order valence-corrected chi connectivity index (χ4v) is 5.89. The lowest BCUT2D eigenvalue weighted by atomic mass is 9.52. The van der Waals surface area contributed by atoms with Crippen molar-refractivity contribution in [2.45, 2.75) is 78.1 Å². The molecular formula is C19H31N. The molecule has 3 aliphatic carbocycles. The zero-order valence-corrected chi connectivity index (χ0v) is 13.4. The molecule has 3 saturated carbocycles. The summed E-state index contributed by atoms with van der Waals surface area (Å²) in [6.45, 7) is 4.60. The second kappa shape index (κ2) is 5.70. The first kappa shape index (κ1) is 14.4. The third-order valence-electron chi connectivity index (χ3n) is 7.31. The molecule has 0 aromatic carbocycles. The number of nitrogens with zero attached hydrogens (tertiary/aromatic N) is 1. The van der Waals surface area contributed by atoms with Gasteiger partial charge in [-0.05, 0) is 81.0 Å². The van der Waals surface area contributed by atoms with Gasteiger partial charge in [0.2, 0.25) is 0 Å². The molecule has 0 amide bonds. The van der Waals surface area contributed by atoms with Crippen molar-refractivity contribution in [2.24, 2.45) is 35.0 Å². The van der Waals surface area contributed by atoms with Gasteiger partial charge in [-0.1, -0.05) is 26.7 Å². The second-order valence-electron chi connectivity index (χ2n) is 8.00. The molecule has 0 aromatic rings. The first-order valence-electron chi connectivity index (χ1n) is 9.12. The van der Waals surface area contributed by atoms with E-state index < -0.39 is 0 Å². The third-order valence-corrected chi connectivity index (χ3v) is 7.31. The van der Waals surface area contributed by atoms with Gasteiger partial charge in [-0.25, -0.2) is 0 Å². The highest BCUT2D eigenvalue weighted by Gasteiger charge is 2.47. The molecule has 0 aromatic heterocycles. The molecule has 0 radical (unpaired) electrons. The largest absolute Gasteiger partial charge is 0.198 e. The van der Waals surface area contributed by atoms with Crippen molar-refractivity contribution in [1.29, 1.82) is 5.26 Å². The van der Waals surface area contributed by atoms with Crippen LogP contribution >= 0.6 is 0 Å². The van der Waals surface area contributed by atoms with Crippen LogP contribution in [0.25, 0.3) is 0 Å². The molecule has 0 N–H and O–H groups in total. The molecule has 20 heavy (non-hydrogen) atoms. The SMILES string of the molecule is CC[C@@H]1CCC2C(CCC3C[C@](C#N)(CC)CCC32)C1. The minimum atomic E-state index is 0.0363. The van der Waals surface area contributed by atoms with Crippen molar-refractivity contribution in [3.05, 3.63) is 0 Å². The maximum Gasteiger partial charge on any atom is 0.0689 e.